The molecule has 1 aromatic heterocycles. The lowest BCUT2D eigenvalue weighted by atomic mass is 10.2. The van der Waals surface area contributed by atoms with Crippen LogP contribution in [0.1, 0.15) is 5.56 Å². The first-order valence-corrected chi connectivity index (χ1v) is 5.88. The van der Waals surface area contributed by atoms with Crippen LogP contribution in [0, 0.1) is 0 Å². The van der Waals surface area contributed by atoms with Crippen molar-refractivity contribution in [1.82, 2.24) is 9.88 Å². The average molecular weight is 362 g/mol. The van der Waals surface area contributed by atoms with Gasteiger partial charge in [0, 0.05) is 32.0 Å². The van der Waals surface area contributed by atoms with Gasteiger partial charge in [0.25, 0.3) is 0 Å². The molecule has 1 fully saturated rings. The van der Waals surface area contributed by atoms with Gasteiger partial charge in [-0.1, -0.05) is 6.07 Å². The molecule has 6 heteroatoms. The second kappa shape index (κ2) is 8.25. The van der Waals surface area contributed by atoms with Gasteiger partial charge in [-0.2, -0.15) is 0 Å². The Morgan fingerprint density at radius 2 is 2.22 bits per heavy atom. The van der Waals surface area contributed by atoms with Crippen LogP contribution in [-0.2, 0) is 11.2 Å². The van der Waals surface area contributed by atoms with Gasteiger partial charge in [0.2, 0.25) is 0 Å². The van der Waals surface area contributed by atoms with Gasteiger partial charge in [0.15, 0.2) is 5.96 Å². The molecule has 0 atom stereocenters. The Bertz CT molecular complexity index is 366. The second-order valence-corrected chi connectivity index (χ2v) is 3.95. The Labute approximate surface area is 124 Å². The highest BCUT2D eigenvalue weighted by atomic mass is 127. The SMILES string of the molecule is I.NC(=NCCc1cccnc1)N1CCOCC1. The van der Waals surface area contributed by atoms with E-state index < -0.39 is 0 Å². The lowest BCUT2D eigenvalue weighted by molar-refractivity contribution is 0.0674. The number of pyridine rings is 1. The van der Waals surface area contributed by atoms with Gasteiger partial charge in [-0.15, -0.1) is 24.0 Å². The van der Waals surface area contributed by atoms with Crippen molar-refractivity contribution in [3.05, 3.63) is 30.1 Å². The molecule has 0 aliphatic carbocycles. The number of morpholine rings is 1. The highest BCUT2D eigenvalue weighted by molar-refractivity contribution is 14.0. The summed E-state index contributed by atoms with van der Waals surface area (Å²) in [5, 5.41) is 0. The van der Waals surface area contributed by atoms with E-state index in [4.69, 9.17) is 10.5 Å². The first-order chi connectivity index (χ1) is 8.36. The summed E-state index contributed by atoms with van der Waals surface area (Å²) < 4.78 is 5.26. The fraction of sp³-hybridized carbons (Fsp3) is 0.500. The Morgan fingerprint density at radius 3 is 2.89 bits per heavy atom. The van der Waals surface area contributed by atoms with Gasteiger partial charge in [-0.3, -0.25) is 9.98 Å². The van der Waals surface area contributed by atoms with Crippen molar-refractivity contribution < 1.29 is 4.74 Å². The number of hydrogen-bond acceptors (Lipinski definition) is 3. The third kappa shape index (κ3) is 4.77. The van der Waals surface area contributed by atoms with Gasteiger partial charge in [0.05, 0.1) is 13.2 Å². The summed E-state index contributed by atoms with van der Waals surface area (Å²) in [5.74, 6) is 0.622. The number of rotatable bonds is 3. The highest BCUT2D eigenvalue weighted by Crippen LogP contribution is 1.99. The molecule has 5 nitrogen and oxygen atoms in total. The molecular formula is C12H19IN4O. The van der Waals surface area contributed by atoms with Crippen LogP contribution >= 0.6 is 24.0 Å². The molecule has 1 aromatic rings. The first kappa shape index (κ1) is 15.2. The van der Waals surface area contributed by atoms with Gasteiger partial charge in [-0.25, -0.2) is 0 Å². The van der Waals surface area contributed by atoms with E-state index in [1.54, 1.807) is 6.20 Å². The number of aromatic nitrogens is 1. The van der Waals surface area contributed by atoms with Crippen LogP contribution in [-0.4, -0.2) is 48.7 Å². The van der Waals surface area contributed by atoms with Crippen LogP contribution in [0.25, 0.3) is 0 Å². The fourth-order valence-corrected chi connectivity index (χ4v) is 1.74. The molecule has 0 amide bonds. The Morgan fingerprint density at radius 1 is 1.44 bits per heavy atom. The highest BCUT2D eigenvalue weighted by Gasteiger charge is 2.11. The van der Waals surface area contributed by atoms with Gasteiger partial charge in [0.1, 0.15) is 0 Å². The zero-order valence-electron chi connectivity index (χ0n) is 10.3. The minimum absolute atomic E-state index is 0. The average Bonchev–Trinajstić information content (AvgIpc) is 2.41. The van der Waals surface area contributed by atoms with E-state index in [0.717, 1.165) is 32.7 Å². The van der Waals surface area contributed by atoms with Crippen molar-refractivity contribution in [1.29, 1.82) is 0 Å². The van der Waals surface area contributed by atoms with Crippen molar-refractivity contribution in [2.75, 3.05) is 32.8 Å². The molecule has 100 valence electrons. The molecule has 1 aliphatic heterocycles. The summed E-state index contributed by atoms with van der Waals surface area (Å²) in [6.07, 6.45) is 4.51. The first-order valence-electron chi connectivity index (χ1n) is 5.88. The topological polar surface area (TPSA) is 63.7 Å². The molecule has 1 aliphatic rings. The summed E-state index contributed by atoms with van der Waals surface area (Å²) in [6, 6.07) is 3.98. The lowest BCUT2D eigenvalue weighted by Crippen LogP contribution is -2.44. The van der Waals surface area contributed by atoms with Crippen LogP contribution in [0.5, 0.6) is 0 Å². The van der Waals surface area contributed by atoms with E-state index in [-0.39, 0.29) is 24.0 Å². The quantitative estimate of drug-likeness (QED) is 0.493. The predicted octanol–water partition coefficient (Wildman–Crippen LogP) is 0.889. The van der Waals surface area contributed by atoms with E-state index in [0.29, 0.717) is 12.5 Å². The summed E-state index contributed by atoms with van der Waals surface area (Å²) in [6.45, 7) is 3.84. The zero-order valence-corrected chi connectivity index (χ0v) is 12.6. The number of aliphatic imine (C=N–C) groups is 1. The molecule has 2 heterocycles. The largest absolute Gasteiger partial charge is 0.378 e. The molecule has 0 spiro atoms. The van der Waals surface area contributed by atoms with Crippen molar-refractivity contribution in [2.45, 2.75) is 6.42 Å². The van der Waals surface area contributed by atoms with Crippen molar-refractivity contribution in [3.8, 4) is 0 Å². The smallest absolute Gasteiger partial charge is 0.191 e. The van der Waals surface area contributed by atoms with Gasteiger partial charge >= 0.3 is 0 Å². The molecule has 0 radical (unpaired) electrons. The fourth-order valence-electron chi connectivity index (χ4n) is 1.74. The maximum atomic E-state index is 5.92. The van der Waals surface area contributed by atoms with Crippen molar-refractivity contribution >= 4 is 29.9 Å². The van der Waals surface area contributed by atoms with Crippen LogP contribution in [0.15, 0.2) is 29.5 Å². The lowest BCUT2D eigenvalue weighted by Gasteiger charge is -2.27. The van der Waals surface area contributed by atoms with E-state index >= 15 is 0 Å². The van der Waals surface area contributed by atoms with Gasteiger partial charge < -0.3 is 15.4 Å². The Balaban J connectivity index is 0.00000162. The van der Waals surface area contributed by atoms with Crippen molar-refractivity contribution in [3.63, 3.8) is 0 Å². The van der Waals surface area contributed by atoms with Crippen LogP contribution in [0.3, 0.4) is 0 Å². The summed E-state index contributed by atoms with van der Waals surface area (Å²) in [4.78, 5) is 10.5. The number of guanidine groups is 1. The van der Waals surface area contributed by atoms with Crippen LogP contribution in [0.2, 0.25) is 0 Å². The molecule has 0 saturated carbocycles. The molecule has 2 N–H and O–H groups in total. The number of nitrogens with two attached hydrogens (primary N) is 1. The minimum Gasteiger partial charge on any atom is -0.378 e. The Kier molecular flexibility index (Phi) is 6.96. The maximum absolute atomic E-state index is 5.92. The third-order valence-electron chi connectivity index (χ3n) is 2.73. The van der Waals surface area contributed by atoms with Crippen molar-refractivity contribution in [2.24, 2.45) is 10.7 Å². The van der Waals surface area contributed by atoms with Gasteiger partial charge in [-0.05, 0) is 18.1 Å². The number of nitrogens with zero attached hydrogens (tertiary/aromatic N) is 3. The molecule has 1 saturated heterocycles. The summed E-state index contributed by atoms with van der Waals surface area (Å²) >= 11 is 0. The number of ether oxygens (including phenoxy) is 1. The Hall–Kier alpha value is -0.890. The van der Waals surface area contributed by atoms with E-state index in [1.807, 2.05) is 18.3 Å². The third-order valence-corrected chi connectivity index (χ3v) is 2.73. The standard InChI is InChI=1S/C12H18N4O.HI/c13-12(16-6-8-17-9-7-16)15-5-3-11-2-1-4-14-10-11;/h1-2,4,10H,3,5-9H2,(H2,13,15);1H. The second-order valence-electron chi connectivity index (χ2n) is 3.95. The summed E-state index contributed by atoms with van der Waals surface area (Å²) in [5.41, 5.74) is 7.10. The van der Waals surface area contributed by atoms with E-state index in [9.17, 15) is 0 Å². The summed E-state index contributed by atoms with van der Waals surface area (Å²) in [7, 11) is 0. The molecule has 18 heavy (non-hydrogen) atoms. The molecule has 0 aromatic carbocycles. The number of halogens is 1. The van der Waals surface area contributed by atoms with E-state index in [2.05, 4.69) is 14.9 Å². The predicted molar refractivity (Wildman–Crippen MR) is 82.2 cm³/mol. The molecule has 2 rings (SSSR count). The molecule has 0 unspecified atom stereocenters. The molecule has 0 bridgehead atoms. The van der Waals surface area contributed by atoms with E-state index in [1.165, 1.54) is 5.56 Å². The number of hydrogen-bond donors (Lipinski definition) is 1. The van der Waals surface area contributed by atoms with Crippen LogP contribution < -0.4 is 5.73 Å². The molecular weight excluding hydrogens is 343 g/mol. The maximum Gasteiger partial charge on any atom is 0.191 e. The van der Waals surface area contributed by atoms with Crippen LogP contribution in [0.4, 0.5) is 0 Å². The minimum atomic E-state index is 0. The normalized spacial score (nSPS) is 16.2. The monoisotopic (exact) mass is 362 g/mol. The zero-order chi connectivity index (χ0) is 11.9.